The average molecular weight is 333 g/mol. The van der Waals surface area contributed by atoms with Crippen molar-refractivity contribution in [2.75, 3.05) is 0 Å². The standard InChI is InChI=1S/C16H15NO5S/c1-9-2-6-12(7-3-9)21-23(20)22-17-15(18)13-10-4-5-11(8-10)14(13)16(17)19/h2-7,10-11,13-14H,8H2,1H3. The minimum absolute atomic E-state index is 0.0847. The highest BCUT2D eigenvalue weighted by molar-refractivity contribution is 7.75. The first-order chi connectivity index (χ1) is 11.0. The van der Waals surface area contributed by atoms with Gasteiger partial charge < -0.3 is 4.18 Å². The molecule has 1 aliphatic heterocycles. The number of rotatable bonds is 4. The van der Waals surface area contributed by atoms with Crippen LogP contribution in [-0.4, -0.2) is 21.1 Å². The quantitative estimate of drug-likeness (QED) is 0.619. The Morgan fingerprint density at radius 2 is 1.61 bits per heavy atom. The third-order valence-electron chi connectivity index (χ3n) is 4.75. The first kappa shape index (κ1) is 14.6. The summed E-state index contributed by atoms with van der Waals surface area (Å²) in [5.41, 5.74) is 1.03. The van der Waals surface area contributed by atoms with Crippen LogP contribution in [0.25, 0.3) is 0 Å². The summed E-state index contributed by atoms with van der Waals surface area (Å²) in [6, 6.07) is 6.88. The molecule has 0 radical (unpaired) electrons. The highest BCUT2D eigenvalue weighted by Crippen LogP contribution is 2.52. The molecule has 23 heavy (non-hydrogen) atoms. The van der Waals surface area contributed by atoms with E-state index >= 15 is 0 Å². The van der Waals surface area contributed by atoms with E-state index in [1.165, 1.54) is 0 Å². The van der Waals surface area contributed by atoms with Gasteiger partial charge in [0.25, 0.3) is 11.8 Å². The second-order valence-corrected chi connectivity index (χ2v) is 6.87. The highest BCUT2D eigenvalue weighted by atomic mass is 32.2. The van der Waals surface area contributed by atoms with Crippen LogP contribution >= 0.6 is 0 Å². The minimum atomic E-state index is -2.25. The molecule has 5 unspecified atom stereocenters. The first-order valence-corrected chi connectivity index (χ1v) is 8.46. The number of hydrogen-bond donors (Lipinski definition) is 0. The number of benzene rings is 1. The second kappa shape index (κ2) is 5.28. The lowest BCUT2D eigenvalue weighted by atomic mass is 9.85. The Hall–Kier alpha value is -1.99. The Kier molecular flexibility index (Phi) is 3.35. The molecule has 2 bridgehead atoms. The van der Waals surface area contributed by atoms with Crippen LogP contribution in [0.4, 0.5) is 0 Å². The largest absolute Gasteiger partial charge is 0.383 e. The number of carbonyl (C=O) groups excluding carboxylic acids is 2. The maximum Gasteiger partial charge on any atom is 0.383 e. The summed E-state index contributed by atoms with van der Waals surface area (Å²) >= 11 is -2.25. The van der Waals surface area contributed by atoms with Gasteiger partial charge in [0.2, 0.25) is 0 Å². The van der Waals surface area contributed by atoms with Crippen molar-refractivity contribution < 1.29 is 22.3 Å². The van der Waals surface area contributed by atoms with Gasteiger partial charge >= 0.3 is 11.4 Å². The van der Waals surface area contributed by atoms with Crippen LogP contribution in [0, 0.1) is 30.6 Å². The molecule has 1 saturated carbocycles. The van der Waals surface area contributed by atoms with Crippen molar-refractivity contribution in [3.8, 4) is 5.75 Å². The van der Waals surface area contributed by atoms with Crippen molar-refractivity contribution in [3.05, 3.63) is 42.0 Å². The van der Waals surface area contributed by atoms with E-state index in [1.54, 1.807) is 24.3 Å². The van der Waals surface area contributed by atoms with E-state index in [-0.39, 0.29) is 23.7 Å². The Morgan fingerprint density at radius 3 is 2.17 bits per heavy atom. The highest BCUT2D eigenvalue weighted by Gasteiger charge is 2.60. The van der Waals surface area contributed by atoms with E-state index in [4.69, 9.17) is 8.47 Å². The smallest absolute Gasteiger partial charge is 0.379 e. The summed E-state index contributed by atoms with van der Waals surface area (Å²) < 4.78 is 22.0. The minimum Gasteiger partial charge on any atom is -0.379 e. The van der Waals surface area contributed by atoms with Gasteiger partial charge in [0.05, 0.1) is 11.8 Å². The van der Waals surface area contributed by atoms with Crippen molar-refractivity contribution in [1.29, 1.82) is 0 Å². The van der Waals surface area contributed by atoms with Gasteiger partial charge in [-0.05, 0) is 37.3 Å². The molecule has 1 heterocycles. The summed E-state index contributed by atoms with van der Waals surface area (Å²) in [7, 11) is 0. The molecule has 1 aromatic rings. The van der Waals surface area contributed by atoms with Gasteiger partial charge in [-0.15, -0.1) is 9.35 Å². The molecule has 2 fully saturated rings. The molecule has 7 heteroatoms. The molecule has 3 aliphatic rings. The number of allylic oxidation sites excluding steroid dienone is 2. The van der Waals surface area contributed by atoms with Gasteiger partial charge in [-0.2, -0.15) is 4.21 Å². The lowest BCUT2D eigenvalue weighted by Gasteiger charge is -2.14. The monoisotopic (exact) mass is 333 g/mol. The van der Waals surface area contributed by atoms with E-state index in [9.17, 15) is 13.8 Å². The molecule has 120 valence electrons. The average Bonchev–Trinajstić information content (AvgIpc) is 3.19. The SMILES string of the molecule is Cc1ccc(OS(=O)ON2C(=O)C3C4C=CC(C4)C3C2=O)cc1. The molecule has 1 saturated heterocycles. The third-order valence-corrected chi connectivity index (χ3v) is 5.35. The zero-order chi connectivity index (χ0) is 16.1. The molecule has 0 spiro atoms. The molecular formula is C16H15NO5S. The zero-order valence-corrected chi connectivity index (χ0v) is 13.2. The van der Waals surface area contributed by atoms with Crippen LogP contribution in [0.3, 0.4) is 0 Å². The van der Waals surface area contributed by atoms with Crippen LogP contribution in [0.1, 0.15) is 12.0 Å². The molecule has 5 atom stereocenters. The molecule has 1 aromatic carbocycles. The summed E-state index contributed by atoms with van der Waals surface area (Å²) in [5, 5.41) is 0.631. The summed E-state index contributed by atoms with van der Waals surface area (Å²) in [5.74, 6) is -1.09. The van der Waals surface area contributed by atoms with Crippen LogP contribution in [0.5, 0.6) is 5.75 Å². The summed E-state index contributed by atoms with van der Waals surface area (Å²) in [6.45, 7) is 1.92. The van der Waals surface area contributed by atoms with Crippen molar-refractivity contribution in [2.45, 2.75) is 13.3 Å². The summed E-state index contributed by atoms with van der Waals surface area (Å²) in [6.07, 6.45) is 4.81. The number of hydroxylamine groups is 2. The molecule has 6 nitrogen and oxygen atoms in total. The van der Waals surface area contributed by atoms with Gasteiger partial charge in [0.1, 0.15) is 5.75 Å². The van der Waals surface area contributed by atoms with Gasteiger partial charge in [-0.3, -0.25) is 9.59 Å². The van der Waals surface area contributed by atoms with Gasteiger partial charge in [-0.1, -0.05) is 29.8 Å². The fraction of sp³-hybridized carbons (Fsp3) is 0.375. The lowest BCUT2D eigenvalue weighted by Crippen LogP contribution is -2.34. The number of aryl methyl sites for hydroxylation is 1. The predicted molar refractivity (Wildman–Crippen MR) is 80.6 cm³/mol. The topological polar surface area (TPSA) is 72.9 Å². The Bertz CT molecular complexity index is 698. The van der Waals surface area contributed by atoms with E-state index in [2.05, 4.69) is 0 Å². The fourth-order valence-electron chi connectivity index (χ4n) is 3.70. The van der Waals surface area contributed by atoms with E-state index < -0.39 is 23.2 Å². The number of nitrogens with zero attached hydrogens (tertiary/aromatic N) is 1. The van der Waals surface area contributed by atoms with E-state index in [0.717, 1.165) is 12.0 Å². The Morgan fingerprint density at radius 1 is 1.04 bits per heavy atom. The zero-order valence-electron chi connectivity index (χ0n) is 12.4. The van der Waals surface area contributed by atoms with Crippen molar-refractivity contribution in [2.24, 2.45) is 23.7 Å². The molecule has 2 amide bonds. The van der Waals surface area contributed by atoms with Crippen LogP contribution in [-0.2, 0) is 25.2 Å². The number of carbonyl (C=O) groups is 2. The summed E-state index contributed by atoms with van der Waals surface area (Å²) in [4.78, 5) is 24.8. The van der Waals surface area contributed by atoms with E-state index in [1.807, 2.05) is 19.1 Å². The molecule has 0 N–H and O–H groups in total. The van der Waals surface area contributed by atoms with Gasteiger partial charge in [0.15, 0.2) is 0 Å². The Balaban J connectivity index is 1.45. The Labute approximate surface area is 135 Å². The van der Waals surface area contributed by atoms with Crippen LogP contribution < -0.4 is 4.18 Å². The number of fused-ring (bicyclic) bond motifs is 5. The van der Waals surface area contributed by atoms with Crippen molar-refractivity contribution in [1.82, 2.24) is 5.06 Å². The van der Waals surface area contributed by atoms with E-state index in [0.29, 0.717) is 10.8 Å². The molecular weight excluding hydrogens is 318 g/mol. The third kappa shape index (κ3) is 2.31. The molecule has 4 rings (SSSR count). The normalized spacial score (nSPS) is 32.5. The second-order valence-electron chi connectivity index (χ2n) is 6.15. The van der Waals surface area contributed by atoms with Gasteiger partial charge in [-0.25, -0.2) is 0 Å². The number of hydrogen-bond acceptors (Lipinski definition) is 5. The first-order valence-electron chi connectivity index (χ1n) is 7.46. The molecule has 0 aromatic heterocycles. The number of imide groups is 1. The fourth-order valence-corrected chi connectivity index (χ4v) is 4.26. The van der Waals surface area contributed by atoms with Gasteiger partial charge in [0, 0.05) is 0 Å². The van der Waals surface area contributed by atoms with Crippen LogP contribution in [0.15, 0.2) is 36.4 Å². The maximum absolute atomic E-state index is 12.4. The van der Waals surface area contributed by atoms with Crippen LogP contribution in [0.2, 0.25) is 0 Å². The predicted octanol–water partition coefficient (Wildman–Crippen LogP) is 1.69. The maximum atomic E-state index is 12.4. The van der Waals surface area contributed by atoms with Crippen molar-refractivity contribution in [3.63, 3.8) is 0 Å². The number of amides is 2. The lowest BCUT2D eigenvalue weighted by molar-refractivity contribution is -0.166. The van der Waals surface area contributed by atoms with Crippen molar-refractivity contribution >= 4 is 23.2 Å². The molecule has 2 aliphatic carbocycles.